The Morgan fingerprint density at radius 1 is 1.19 bits per heavy atom. The monoisotopic (exact) mass is 301 g/mol. The van der Waals surface area contributed by atoms with Gasteiger partial charge in [0.1, 0.15) is 12.7 Å². The van der Waals surface area contributed by atoms with Gasteiger partial charge in [-0.15, -0.1) is 0 Å². The van der Waals surface area contributed by atoms with Gasteiger partial charge in [0.15, 0.2) is 0 Å². The molecule has 0 aliphatic heterocycles. The summed E-state index contributed by atoms with van der Waals surface area (Å²) in [6.07, 6.45) is 2.91. The molecule has 2 heterocycles. The fraction of sp³-hybridized carbons (Fsp3) is 0.154. The summed E-state index contributed by atoms with van der Waals surface area (Å²) < 4.78 is 1.43. The Kier molecular flexibility index (Phi) is 3.49. The zero-order valence-electron chi connectivity index (χ0n) is 11.5. The van der Waals surface area contributed by atoms with Crippen LogP contribution in [0.1, 0.15) is 5.56 Å². The van der Waals surface area contributed by atoms with Crippen LogP contribution in [0.15, 0.2) is 36.9 Å². The molecule has 21 heavy (non-hydrogen) atoms. The van der Waals surface area contributed by atoms with Crippen molar-refractivity contribution in [3.8, 4) is 5.95 Å². The van der Waals surface area contributed by atoms with Crippen molar-refractivity contribution in [3.05, 3.63) is 47.8 Å². The Labute approximate surface area is 126 Å². The molecule has 2 aromatic heterocycles. The minimum absolute atomic E-state index is 0.102. The Morgan fingerprint density at radius 2 is 2.05 bits per heavy atom. The minimum atomic E-state index is 0.102. The zero-order chi connectivity index (χ0) is 14.8. The molecule has 1 aromatic carbocycles. The molecule has 8 heteroatoms. The number of aromatic nitrogens is 6. The molecule has 0 saturated heterocycles. The van der Waals surface area contributed by atoms with Gasteiger partial charge in [0.2, 0.25) is 11.2 Å². The fourth-order valence-corrected chi connectivity index (χ4v) is 2.00. The SMILES string of the molecule is Cc1cccc(N(C)c2nc(Cl)nc(-n3cncn3)n2)c1. The minimum Gasteiger partial charge on any atom is -0.313 e. The number of nitrogens with zero attached hydrogens (tertiary/aromatic N) is 7. The van der Waals surface area contributed by atoms with Crippen LogP contribution in [0.4, 0.5) is 11.6 Å². The summed E-state index contributed by atoms with van der Waals surface area (Å²) in [7, 11) is 1.87. The number of aryl methyl sites for hydroxylation is 1. The Balaban J connectivity index is 2.02. The third-order valence-electron chi connectivity index (χ3n) is 2.90. The van der Waals surface area contributed by atoms with Crippen molar-refractivity contribution >= 4 is 23.2 Å². The molecule has 0 spiro atoms. The van der Waals surface area contributed by atoms with Crippen LogP contribution >= 0.6 is 11.6 Å². The second kappa shape index (κ2) is 5.45. The quantitative estimate of drug-likeness (QED) is 0.738. The molecule has 0 amide bonds. The molecule has 7 nitrogen and oxygen atoms in total. The largest absolute Gasteiger partial charge is 0.313 e. The van der Waals surface area contributed by atoms with Gasteiger partial charge in [0, 0.05) is 12.7 Å². The fourth-order valence-electron chi connectivity index (χ4n) is 1.85. The predicted molar refractivity (Wildman–Crippen MR) is 79.0 cm³/mol. The molecular weight excluding hydrogens is 290 g/mol. The number of rotatable bonds is 3. The van der Waals surface area contributed by atoms with E-state index in [1.807, 2.05) is 43.1 Å². The van der Waals surface area contributed by atoms with Crippen molar-refractivity contribution in [1.82, 2.24) is 29.7 Å². The number of hydrogen-bond donors (Lipinski definition) is 0. The van der Waals surface area contributed by atoms with Gasteiger partial charge >= 0.3 is 0 Å². The van der Waals surface area contributed by atoms with Crippen molar-refractivity contribution in [1.29, 1.82) is 0 Å². The highest BCUT2D eigenvalue weighted by Gasteiger charge is 2.12. The van der Waals surface area contributed by atoms with Gasteiger partial charge in [-0.3, -0.25) is 0 Å². The molecule has 0 aliphatic rings. The van der Waals surface area contributed by atoms with Crippen LogP contribution in [-0.2, 0) is 0 Å². The van der Waals surface area contributed by atoms with Gasteiger partial charge in [-0.1, -0.05) is 12.1 Å². The molecule has 3 aromatic rings. The molecular formula is C13H12ClN7. The summed E-state index contributed by atoms with van der Waals surface area (Å²) >= 11 is 5.98. The summed E-state index contributed by atoms with van der Waals surface area (Å²) in [5.41, 5.74) is 2.11. The van der Waals surface area contributed by atoms with Crippen LogP contribution in [0, 0.1) is 6.92 Å². The molecule has 0 bridgehead atoms. The number of hydrogen-bond acceptors (Lipinski definition) is 6. The topological polar surface area (TPSA) is 72.6 Å². The molecule has 0 unspecified atom stereocenters. The standard InChI is InChI=1S/C13H12ClN7/c1-9-4-3-5-10(6-9)20(2)12-17-11(14)18-13(19-12)21-8-15-7-16-21/h3-8H,1-2H3. The highest BCUT2D eigenvalue weighted by molar-refractivity contribution is 6.28. The summed E-state index contributed by atoms with van der Waals surface area (Å²) in [5.74, 6) is 0.758. The summed E-state index contributed by atoms with van der Waals surface area (Å²) in [4.78, 5) is 18.3. The second-order valence-electron chi connectivity index (χ2n) is 4.44. The van der Waals surface area contributed by atoms with Gasteiger partial charge in [-0.05, 0) is 36.2 Å². The molecule has 0 atom stereocenters. The molecule has 0 aliphatic carbocycles. The van der Waals surface area contributed by atoms with E-state index >= 15 is 0 Å². The van der Waals surface area contributed by atoms with Gasteiger partial charge in [0.25, 0.3) is 5.95 Å². The highest BCUT2D eigenvalue weighted by atomic mass is 35.5. The van der Waals surface area contributed by atoms with Gasteiger partial charge < -0.3 is 4.90 Å². The average molecular weight is 302 g/mol. The van der Waals surface area contributed by atoms with E-state index in [-0.39, 0.29) is 5.28 Å². The molecule has 0 radical (unpaired) electrons. The average Bonchev–Trinajstić information content (AvgIpc) is 3.00. The van der Waals surface area contributed by atoms with Crippen molar-refractivity contribution in [2.75, 3.05) is 11.9 Å². The van der Waals surface area contributed by atoms with Crippen molar-refractivity contribution in [2.24, 2.45) is 0 Å². The van der Waals surface area contributed by atoms with E-state index < -0.39 is 0 Å². The Morgan fingerprint density at radius 3 is 2.76 bits per heavy atom. The molecule has 106 valence electrons. The maximum absolute atomic E-state index is 5.98. The van der Waals surface area contributed by atoms with Gasteiger partial charge in [-0.25, -0.2) is 4.98 Å². The number of benzene rings is 1. The Hall–Kier alpha value is -2.54. The van der Waals surface area contributed by atoms with E-state index in [2.05, 4.69) is 25.0 Å². The van der Waals surface area contributed by atoms with E-state index in [1.54, 1.807) is 0 Å². The van der Waals surface area contributed by atoms with E-state index in [9.17, 15) is 0 Å². The van der Waals surface area contributed by atoms with E-state index in [4.69, 9.17) is 11.6 Å². The van der Waals surface area contributed by atoms with Gasteiger partial charge in [0.05, 0.1) is 0 Å². The lowest BCUT2D eigenvalue weighted by Gasteiger charge is -2.18. The van der Waals surface area contributed by atoms with Crippen LogP contribution in [0.2, 0.25) is 5.28 Å². The first-order valence-corrected chi connectivity index (χ1v) is 6.58. The maximum atomic E-state index is 5.98. The second-order valence-corrected chi connectivity index (χ2v) is 4.78. The van der Waals surface area contributed by atoms with Crippen LogP contribution in [0.25, 0.3) is 5.95 Å². The number of anilines is 2. The lowest BCUT2D eigenvalue weighted by atomic mass is 10.2. The van der Waals surface area contributed by atoms with Crippen molar-refractivity contribution in [3.63, 3.8) is 0 Å². The predicted octanol–water partition coefficient (Wildman–Crippen LogP) is 2.18. The molecule has 0 saturated carbocycles. The normalized spacial score (nSPS) is 10.6. The zero-order valence-corrected chi connectivity index (χ0v) is 12.2. The number of halogens is 1. The summed E-state index contributed by atoms with van der Waals surface area (Å²) in [5, 5.41) is 4.09. The van der Waals surface area contributed by atoms with Crippen LogP contribution in [0.5, 0.6) is 0 Å². The molecule has 0 N–H and O–H groups in total. The lowest BCUT2D eigenvalue weighted by molar-refractivity contribution is 0.789. The van der Waals surface area contributed by atoms with E-state index in [0.29, 0.717) is 11.9 Å². The molecule has 3 rings (SSSR count). The van der Waals surface area contributed by atoms with E-state index in [1.165, 1.54) is 17.3 Å². The van der Waals surface area contributed by atoms with E-state index in [0.717, 1.165) is 11.3 Å². The van der Waals surface area contributed by atoms with Crippen LogP contribution in [-0.4, -0.2) is 36.8 Å². The first kappa shape index (κ1) is 13.4. The summed E-state index contributed by atoms with van der Waals surface area (Å²) in [6, 6.07) is 8.01. The van der Waals surface area contributed by atoms with Crippen molar-refractivity contribution in [2.45, 2.75) is 6.92 Å². The van der Waals surface area contributed by atoms with Gasteiger partial charge in [-0.2, -0.15) is 24.7 Å². The molecule has 0 fully saturated rings. The van der Waals surface area contributed by atoms with Crippen LogP contribution < -0.4 is 4.90 Å². The van der Waals surface area contributed by atoms with Crippen LogP contribution in [0.3, 0.4) is 0 Å². The maximum Gasteiger partial charge on any atom is 0.258 e. The highest BCUT2D eigenvalue weighted by Crippen LogP contribution is 2.22. The first-order chi connectivity index (χ1) is 10.1. The third-order valence-corrected chi connectivity index (χ3v) is 3.07. The smallest absolute Gasteiger partial charge is 0.258 e. The first-order valence-electron chi connectivity index (χ1n) is 6.20. The third kappa shape index (κ3) is 2.82. The Bertz CT molecular complexity index is 757. The van der Waals surface area contributed by atoms with Crippen molar-refractivity contribution < 1.29 is 0 Å². The lowest BCUT2D eigenvalue weighted by Crippen LogP contribution is -2.16. The summed E-state index contributed by atoms with van der Waals surface area (Å²) in [6.45, 7) is 2.03.